The van der Waals surface area contributed by atoms with Crippen molar-refractivity contribution in [3.05, 3.63) is 58.2 Å². The molecule has 1 aliphatic carbocycles. The van der Waals surface area contributed by atoms with Crippen LogP contribution in [0.5, 0.6) is 0 Å². The van der Waals surface area contributed by atoms with E-state index in [1.807, 2.05) is 0 Å². The van der Waals surface area contributed by atoms with Crippen LogP contribution in [-0.2, 0) is 6.42 Å². The fourth-order valence-corrected chi connectivity index (χ4v) is 3.45. The van der Waals surface area contributed by atoms with E-state index >= 15 is 0 Å². The lowest BCUT2D eigenvalue weighted by Gasteiger charge is -2.11. The number of nitrogens with two attached hydrogens (primary N) is 1. The molecule has 0 spiro atoms. The van der Waals surface area contributed by atoms with Gasteiger partial charge in [0.05, 0.1) is 0 Å². The van der Waals surface area contributed by atoms with E-state index in [0.717, 1.165) is 19.3 Å². The van der Waals surface area contributed by atoms with E-state index in [0.29, 0.717) is 6.04 Å². The average molecular weight is 297 g/mol. The van der Waals surface area contributed by atoms with Gasteiger partial charge in [-0.2, -0.15) is 0 Å². The molecule has 2 rings (SSSR count). The van der Waals surface area contributed by atoms with Crippen LogP contribution >= 0.6 is 0 Å². The molecule has 1 aromatic rings. The fourth-order valence-electron chi connectivity index (χ4n) is 3.45. The first kappa shape index (κ1) is 17.0. The molecule has 1 heteroatoms. The van der Waals surface area contributed by atoms with Crippen LogP contribution < -0.4 is 5.73 Å². The third-order valence-corrected chi connectivity index (χ3v) is 5.05. The fraction of sp³-hybridized carbons (Fsp3) is 0.524. The molecule has 0 heterocycles. The van der Waals surface area contributed by atoms with Crippen molar-refractivity contribution in [1.29, 1.82) is 0 Å². The number of hydrogen-bond acceptors (Lipinski definition) is 1. The molecule has 0 saturated carbocycles. The standard InChI is InChI=1S/C21H31N/c1-4-20(22)13-14-21-16(2)15-19(17(21)3)12-8-11-18-9-6-5-7-10-18/h5-7,9-10,20H,4,8,11-15,22H2,1-3H3. The minimum atomic E-state index is 0.357. The van der Waals surface area contributed by atoms with Crippen molar-refractivity contribution >= 4 is 0 Å². The molecule has 1 aromatic carbocycles. The van der Waals surface area contributed by atoms with Gasteiger partial charge in [0.25, 0.3) is 0 Å². The van der Waals surface area contributed by atoms with Gasteiger partial charge in [-0.15, -0.1) is 0 Å². The van der Waals surface area contributed by atoms with Gasteiger partial charge >= 0.3 is 0 Å². The highest BCUT2D eigenvalue weighted by molar-refractivity contribution is 5.45. The van der Waals surface area contributed by atoms with Crippen LogP contribution in [0.4, 0.5) is 0 Å². The SMILES string of the molecule is CCC(N)CCC1=C(C)CC(CCCc2ccccc2)=C1C. The molecule has 2 N–H and O–H groups in total. The van der Waals surface area contributed by atoms with E-state index < -0.39 is 0 Å². The summed E-state index contributed by atoms with van der Waals surface area (Å²) in [7, 11) is 0. The second-order valence-corrected chi connectivity index (χ2v) is 6.71. The Morgan fingerprint density at radius 1 is 1.05 bits per heavy atom. The zero-order valence-corrected chi connectivity index (χ0v) is 14.5. The Morgan fingerprint density at radius 2 is 1.77 bits per heavy atom. The molecular weight excluding hydrogens is 266 g/mol. The Labute approximate surface area is 136 Å². The summed E-state index contributed by atoms with van der Waals surface area (Å²) in [6.07, 6.45) is 8.24. The van der Waals surface area contributed by atoms with Crippen molar-refractivity contribution in [3.63, 3.8) is 0 Å². The van der Waals surface area contributed by atoms with E-state index in [1.165, 1.54) is 31.2 Å². The Hall–Kier alpha value is -1.34. The van der Waals surface area contributed by atoms with Crippen LogP contribution in [-0.4, -0.2) is 6.04 Å². The van der Waals surface area contributed by atoms with Gasteiger partial charge in [0.15, 0.2) is 0 Å². The number of benzene rings is 1. The van der Waals surface area contributed by atoms with E-state index in [4.69, 9.17) is 5.73 Å². The number of rotatable bonds is 8. The quantitative estimate of drug-likeness (QED) is 0.667. The first-order valence-corrected chi connectivity index (χ1v) is 8.79. The molecule has 0 amide bonds. The second-order valence-electron chi connectivity index (χ2n) is 6.71. The molecule has 1 atom stereocenters. The van der Waals surface area contributed by atoms with Gasteiger partial charge in [0.1, 0.15) is 0 Å². The lowest BCUT2D eigenvalue weighted by Crippen LogP contribution is -2.18. The highest BCUT2D eigenvalue weighted by Crippen LogP contribution is 2.37. The van der Waals surface area contributed by atoms with Crippen LogP contribution in [0.3, 0.4) is 0 Å². The van der Waals surface area contributed by atoms with Gasteiger partial charge in [0, 0.05) is 6.04 Å². The maximum atomic E-state index is 6.08. The van der Waals surface area contributed by atoms with E-state index in [2.05, 4.69) is 51.1 Å². The lowest BCUT2D eigenvalue weighted by molar-refractivity contribution is 0.595. The van der Waals surface area contributed by atoms with Crippen LogP contribution in [0.15, 0.2) is 52.6 Å². The highest BCUT2D eigenvalue weighted by Gasteiger charge is 2.18. The molecule has 120 valence electrons. The number of hydrogen-bond donors (Lipinski definition) is 1. The summed E-state index contributed by atoms with van der Waals surface area (Å²) in [5.41, 5.74) is 13.9. The monoisotopic (exact) mass is 297 g/mol. The van der Waals surface area contributed by atoms with Gasteiger partial charge in [-0.25, -0.2) is 0 Å². The van der Waals surface area contributed by atoms with Gasteiger partial charge in [-0.05, 0) is 75.5 Å². The van der Waals surface area contributed by atoms with Gasteiger partial charge in [-0.3, -0.25) is 0 Å². The van der Waals surface area contributed by atoms with Gasteiger partial charge in [-0.1, -0.05) is 48.4 Å². The van der Waals surface area contributed by atoms with Gasteiger partial charge in [0.2, 0.25) is 0 Å². The Morgan fingerprint density at radius 3 is 2.45 bits per heavy atom. The van der Waals surface area contributed by atoms with Crippen molar-refractivity contribution in [3.8, 4) is 0 Å². The van der Waals surface area contributed by atoms with E-state index in [1.54, 1.807) is 22.3 Å². The molecule has 22 heavy (non-hydrogen) atoms. The molecule has 0 radical (unpaired) electrons. The van der Waals surface area contributed by atoms with Gasteiger partial charge < -0.3 is 5.73 Å². The van der Waals surface area contributed by atoms with Crippen LogP contribution in [0, 0.1) is 0 Å². The third kappa shape index (κ3) is 4.58. The van der Waals surface area contributed by atoms with Crippen molar-refractivity contribution in [1.82, 2.24) is 0 Å². The zero-order valence-electron chi connectivity index (χ0n) is 14.5. The predicted molar refractivity (Wildman–Crippen MR) is 96.9 cm³/mol. The Balaban J connectivity index is 1.86. The van der Waals surface area contributed by atoms with E-state index in [-0.39, 0.29) is 0 Å². The summed E-state index contributed by atoms with van der Waals surface area (Å²) in [4.78, 5) is 0. The Bertz CT molecular complexity index is 536. The molecule has 0 aromatic heterocycles. The molecule has 0 bridgehead atoms. The van der Waals surface area contributed by atoms with Crippen LogP contribution in [0.1, 0.15) is 64.9 Å². The van der Waals surface area contributed by atoms with Crippen molar-refractivity contribution in [2.24, 2.45) is 5.73 Å². The molecule has 0 fully saturated rings. The molecule has 1 aliphatic rings. The van der Waals surface area contributed by atoms with E-state index in [9.17, 15) is 0 Å². The maximum absolute atomic E-state index is 6.08. The largest absolute Gasteiger partial charge is 0.328 e. The topological polar surface area (TPSA) is 26.0 Å². The summed E-state index contributed by atoms with van der Waals surface area (Å²) in [5, 5.41) is 0. The highest BCUT2D eigenvalue weighted by atomic mass is 14.6. The normalized spacial score (nSPS) is 16.5. The third-order valence-electron chi connectivity index (χ3n) is 5.05. The first-order chi connectivity index (χ1) is 10.6. The van der Waals surface area contributed by atoms with Crippen molar-refractivity contribution < 1.29 is 0 Å². The molecule has 1 unspecified atom stereocenters. The molecule has 0 aliphatic heterocycles. The number of allylic oxidation sites excluding steroid dienone is 4. The summed E-state index contributed by atoms with van der Waals surface area (Å²) >= 11 is 0. The minimum absolute atomic E-state index is 0.357. The predicted octanol–water partition coefficient (Wildman–Crippen LogP) is 5.56. The summed E-state index contributed by atoms with van der Waals surface area (Å²) < 4.78 is 0. The zero-order chi connectivity index (χ0) is 15.9. The average Bonchev–Trinajstić information content (AvgIpc) is 2.80. The van der Waals surface area contributed by atoms with Crippen molar-refractivity contribution in [2.45, 2.75) is 71.8 Å². The molecule has 1 nitrogen and oxygen atoms in total. The second kappa shape index (κ2) is 8.33. The molecular formula is C21H31N. The number of aryl methyl sites for hydroxylation is 1. The van der Waals surface area contributed by atoms with Crippen LogP contribution in [0.2, 0.25) is 0 Å². The smallest absolute Gasteiger partial charge is 0.00393 e. The maximum Gasteiger partial charge on any atom is 0.00393 e. The first-order valence-electron chi connectivity index (χ1n) is 8.79. The minimum Gasteiger partial charge on any atom is -0.328 e. The van der Waals surface area contributed by atoms with Crippen LogP contribution in [0.25, 0.3) is 0 Å². The molecule has 0 saturated heterocycles. The summed E-state index contributed by atoms with van der Waals surface area (Å²) in [6, 6.07) is 11.2. The Kier molecular flexibility index (Phi) is 6.45. The lowest BCUT2D eigenvalue weighted by atomic mass is 9.97. The van der Waals surface area contributed by atoms with Crippen molar-refractivity contribution in [2.75, 3.05) is 0 Å². The summed E-state index contributed by atoms with van der Waals surface area (Å²) in [6.45, 7) is 6.81. The summed E-state index contributed by atoms with van der Waals surface area (Å²) in [5.74, 6) is 0.